The van der Waals surface area contributed by atoms with Gasteiger partial charge < -0.3 is 30.2 Å². The number of unbranched alkanes of at least 4 members (excludes halogenated alkanes) is 6. The van der Waals surface area contributed by atoms with Gasteiger partial charge in [-0.3, -0.25) is 18.7 Å². The molecule has 0 radical (unpaired) electrons. The van der Waals surface area contributed by atoms with Crippen molar-refractivity contribution in [1.29, 1.82) is 0 Å². The molecule has 192 valence electrons. The molecule has 2 rings (SSSR count). The number of rotatable bonds is 14. The highest BCUT2D eigenvalue weighted by Gasteiger charge is 2.17. The van der Waals surface area contributed by atoms with Gasteiger partial charge >= 0.3 is 15.2 Å². The molecule has 0 bridgehead atoms. The fourth-order valence-electron chi connectivity index (χ4n) is 3.38. The second kappa shape index (κ2) is 13.7. The average Bonchev–Trinajstić information content (AvgIpc) is 2.77. The molecule has 0 saturated heterocycles. The standard InChI is InChI=1S/C23H32N2O8P2/c26-22(24-18-10-14-20(15-11-18)34(28,29)30)8-6-4-2-1-3-5-7-9-23(27)25-19-12-16-21(17-13-19)35(31,32)33/h10-17H,1-9H2,(H,24,26)(H,25,27)(H2,28,29,30)(H2,31,32,33). The van der Waals surface area contributed by atoms with Crippen molar-refractivity contribution in [2.75, 3.05) is 10.6 Å². The molecule has 0 atom stereocenters. The Bertz CT molecular complexity index is 976. The number of amides is 2. The van der Waals surface area contributed by atoms with Gasteiger partial charge in [-0.1, -0.05) is 32.1 Å². The number of carbonyl (C=O) groups is 2. The summed E-state index contributed by atoms with van der Waals surface area (Å²) >= 11 is 0. The molecule has 0 aliphatic rings. The topological polar surface area (TPSA) is 173 Å². The SMILES string of the molecule is O=C(CCCCCCCCCC(=O)Nc1ccc(P(=O)(O)O)cc1)Nc1ccc(P(=O)(O)O)cc1. The monoisotopic (exact) mass is 526 g/mol. The second-order valence-corrected chi connectivity index (χ2v) is 11.5. The van der Waals surface area contributed by atoms with E-state index in [9.17, 15) is 18.7 Å². The van der Waals surface area contributed by atoms with Crippen LogP contribution in [0.15, 0.2) is 48.5 Å². The molecule has 0 aliphatic heterocycles. The largest absolute Gasteiger partial charge is 0.356 e. The van der Waals surface area contributed by atoms with Gasteiger partial charge in [0.05, 0.1) is 10.6 Å². The lowest BCUT2D eigenvalue weighted by Crippen LogP contribution is -2.12. The van der Waals surface area contributed by atoms with Gasteiger partial charge in [-0.2, -0.15) is 0 Å². The van der Waals surface area contributed by atoms with E-state index in [1.807, 2.05) is 0 Å². The minimum Gasteiger partial charge on any atom is -0.326 e. The van der Waals surface area contributed by atoms with Crippen molar-refractivity contribution in [3.8, 4) is 0 Å². The Hall–Kier alpha value is -2.32. The molecule has 6 N–H and O–H groups in total. The van der Waals surface area contributed by atoms with Gasteiger partial charge in [0.2, 0.25) is 11.8 Å². The quantitative estimate of drug-likeness (QED) is 0.161. The second-order valence-electron chi connectivity index (χ2n) is 8.25. The summed E-state index contributed by atoms with van der Waals surface area (Å²) in [6, 6.07) is 11.1. The summed E-state index contributed by atoms with van der Waals surface area (Å²) in [4.78, 5) is 60.3. The van der Waals surface area contributed by atoms with E-state index in [1.165, 1.54) is 48.5 Å². The third-order valence-corrected chi connectivity index (χ3v) is 7.22. The van der Waals surface area contributed by atoms with Crippen molar-refractivity contribution in [1.82, 2.24) is 0 Å². The lowest BCUT2D eigenvalue weighted by Gasteiger charge is -2.08. The van der Waals surface area contributed by atoms with Crippen LogP contribution in [0.25, 0.3) is 0 Å². The maximum absolute atomic E-state index is 12.0. The summed E-state index contributed by atoms with van der Waals surface area (Å²) in [7, 11) is -8.58. The van der Waals surface area contributed by atoms with Crippen LogP contribution in [0.4, 0.5) is 11.4 Å². The van der Waals surface area contributed by atoms with E-state index >= 15 is 0 Å². The number of benzene rings is 2. The van der Waals surface area contributed by atoms with Crippen LogP contribution in [-0.2, 0) is 18.7 Å². The van der Waals surface area contributed by atoms with Crippen molar-refractivity contribution < 1.29 is 38.3 Å². The van der Waals surface area contributed by atoms with E-state index in [0.717, 1.165) is 44.9 Å². The normalized spacial score (nSPS) is 11.8. The first-order valence-corrected chi connectivity index (χ1v) is 14.6. The minimum absolute atomic E-state index is 0.0912. The van der Waals surface area contributed by atoms with E-state index in [4.69, 9.17) is 19.6 Å². The predicted molar refractivity (Wildman–Crippen MR) is 135 cm³/mol. The van der Waals surface area contributed by atoms with Gasteiger partial charge in [0.1, 0.15) is 0 Å². The fraction of sp³-hybridized carbons (Fsp3) is 0.391. The van der Waals surface area contributed by atoms with Gasteiger partial charge in [0.15, 0.2) is 0 Å². The zero-order valence-corrected chi connectivity index (χ0v) is 21.1. The number of carbonyl (C=O) groups excluding carboxylic acids is 2. The molecule has 0 saturated carbocycles. The Labute approximate surface area is 204 Å². The third-order valence-electron chi connectivity index (χ3n) is 5.28. The third kappa shape index (κ3) is 11.3. The van der Waals surface area contributed by atoms with Gasteiger partial charge in [0.25, 0.3) is 0 Å². The van der Waals surface area contributed by atoms with Gasteiger partial charge in [-0.05, 0) is 61.4 Å². The first-order chi connectivity index (χ1) is 16.4. The van der Waals surface area contributed by atoms with Crippen LogP contribution in [-0.4, -0.2) is 31.4 Å². The number of hydrogen-bond acceptors (Lipinski definition) is 4. The fourth-order valence-corrected chi connectivity index (χ4v) is 4.45. The summed E-state index contributed by atoms with van der Waals surface area (Å²) in [5.41, 5.74) is 0.990. The van der Waals surface area contributed by atoms with Crippen LogP contribution in [0.2, 0.25) is 0 Å². The van der Waals surface area contributed by atoms with Crippen molar-refractivity contribution in [3.63, 3.8) is 0 Å². The molecule has 10 nitrogen and oxygen atoms in total. The first kappa shape index (κ1) is 28.9. The highest BCUT2D eigenvalue weighted by atomic mass is 31.2. The van der Waals surface area contributed by atoms with Gasteiger partial charge in [0, 0.05) is 24.2 Å². The summed E-state index contributed by atoms with van der Waals surface area (Å²) in [6.07, 6.45) is 7.04. The summed E-state index contributed by atoms with van der Waals surface area (Å²) in [6.45, 7) is 0. The van der Waals surface area contributed by atoms with Crippen LogP contribution in [0.1, 0.15) is 57.8 Å². The lowest BCUT2D eigenvalue weighted by atomic mass is 10.1. The Morgan fingerprint density at radius 3 is 1.11 bits per heavy atom. The maximum Gasteiger partial charge on any atom is 0.356 e. The summed E-state index contributed by atoms with van der Waals surface area (Å²) in [5.74, 6) is -0.285. The highest BCUT2D eigenvalue weighted by Crippen LogP contribution is 2.34. The Balaban J connectivity index is 1.49. The van der Waals surface area contributed by atoms with E-state index in [1.54, 1.807) is 0 Å². The van der Waals surface area contributed by atoms with E-state index in [0.29, 0.717) is 24.2 Å². The molecule has 0 unspecified atom stereocenters. The molecule has 2 aromatic carbocycles. The van der Waals surface area contributed by atoms with Crippen molar-refractivity contribution in [2.45, 2.75) is 57.8 Å². The minimum atomic E-state index is -4.29. The van der Waals surface area contributed by atoms with Crippen LogP contribution in [0.5, 0.6) is 0 Å². The first-order valence-electron chi connectivity index (χ1n) is 11.4. The van der Waals surface area contributed by atoms with Crippen molar-refractivity contribution in [3.05, 3.63) is 48.5 Å². The number of anilines is 2. The van der Waals surface area contributed by atoms with Gasteiger partial charge in [-0.25, -0.2) is 0 Å². The molecule has 12 heteroatoms. The van der Waals surface area contributed by atoms with Gasteiger partial charge in [-0.15, -0.1) is 0 Å². The zero-order chi connectivity index (χ0) is 25.9. The molecule has 0 spiro atoms. The Morgan fingerprint density at radius 2 is 0.829 bits per heavy atom. The van der Waals surface area contributed by atoms with Crippen molar-refractivity contribution >= 4 is 49.0 Å². The number of nitrogens with one attached hydrogen (secondary N) is 2. The predicted octanol–water partition coefficient (Wildman–Crippen LogP) is 3.38. The van der Waals surface area contributed by atoms with Crippen LogP contribution in [0, 0.1) is 0 Å². The summed E-state index contributed by atoms with van der Waals surface area (Å²) < 4.78 is 22.3. The molecular formula is C23H32N2O8P2. The average molecular weight is 526 g/mol. The summed E-state index contributed by atoms with van der Waals surface area (Å²) in [5, 5.41) is 5.24. The maximum atomic E-state index is 12.0. The highest BCUT2D eigenvalue weighted by molar-refractivity contribution is 7.60. The van der Waals surface area contributed by atoms with Crippen LogP contribution >= 0.6 is 15.2 Å². The van der Waals surface area contributed by atoms with E-state index in [-0.39, 0.29) is 22.4 Å². The molecule has 2 aromatic rings. The molecule has 0 heterocycles. The molecule has 2 amide bonds. The lowest BCUT2D eigenvalue weighted by molar-refractivity contribution is -0.117. The molecule has 0 fully saturated rings. The van der Waals surface area contributed by atoms with Crippen LogP contribution < -0.4 is 21.2 Å². The Morgan fingerprint density at radius 1 is 0.543 bits per heavy atom. The zero-order valence-electron chi connectivity index (χ0n) is 19.3. The van der Waals surface area contributed by atoms with Crippen molar-refractivity contribution in [2.24, 2.45) is 0 Å². The van der Waals surface area contributed by atoms with E-state index < -0.39 is 15.2 Å². The molecule has 35 heavy (non-hydrogen) atoms. The molecule has 0 aromatic heterocycles. The van der Waals surface area contributed by atoms with Crippen LogP contribution in [0.3, 0.4) is 0 Å². The van der Waals surface area contributed by atoms with E-state index in [2.05, 4.69) is 10.6 Å². The number of hydrogen-bond donors (Lipinski definition) is 6. The molecule has 0 aliphatic carbocycles. The smallest absolute Gasteiger partial charge is 0.326 e. The Kier molecular flexibility index (Phi) is 11.3. The molecular weight excluding hydrogens is 494 g/mol.